The molecule has 9 heteroatoms. The van der Waals surface area contributed by atoms with Gasteiger partial charge in [-0.1, -0.05) is 23.9 Å². The van der Waals surface area contributed by atoms with Crippen molar-refractivity contribution in [2.45, 2.75) is 58.1 Å². The van der Waals surface area contributed by atoms with Crippen LogP contribution in [0, 0.1) is 5.41 Å². The monoisotopic (exact) mass is 466 g/mol. The lowest BCUT2D eigenvalue weighted by Gasteiger charge is -2.40. The van der Waals surface area contributed by atoms with Crippen LogP contribution in [-0.2, 0) is 4.74 Å². The van der Waals surface area contributed by atoms with E-state index in [1.165, 1.54) is 6.21 Å². The molecule has 0 bridgehead atoms. The average Bonchev–Trinajstić information content (AvgIpc) is 3.25. The largest absolute Gasteiger partial charge is 0.444 e. The lowest BCUT2D eigenvalue weighted by Crippen LogP contribution is -2.58. The summed E-state index contributed by atoms with van der Waals surface area (Å²) in [6, 6.07) is 5.80. The zero-order chi connectivity index (χ0) is 24.5. The maximum Gasteiger partial charge on any atom is 0.410 e. The van der Waals surface area contributed by atoms with Crippen LogP contribution in [-0.4, -0.2) is 70.1 Å². The zero-order valence-electron chi connectivity index (χ0n) is 20.4. The van der Waals surface area contributed by atoms with Gasteiger partial charge in [0.05, 0.1) is 6.04 Å². The molecule has 9 nitrogen and oxygen atoms in total. The van der Waals surface area contributed by atoms with Crippen LogP contribution in [0.5, 0.6) is 0 Å². The summed E-state index contributed by atoms with van der Waals surface area (Å²) in [5, 5.41) is 15.4. The Kier molecular flexibility index (Phi) is 6.63. The van der Waals surface area contributed by atoms with Gasteiger partial charge in [0.25, 0.3) is 0 Å². The average molecular weight is 467 g/mol. The molecule has 0 atom stereocenters. The summed E-state index contributed by atoms with van der Waals surface area (Å²) in [6.45, 7) is 14.6. The number of aromatic nitrogens is 2. The fourth-order valence-electron chi connectivity index (χ4n) is 4.24. The zero-order valence-corrected chi connectivity index (χ0v) is 20.4. The van der Waals surface area contributed by atoms with Crippen LogP contribution < -0.4 is 5.32 Å². The third-order valence-corrected chi connectivity index (χ3v) is 6.19. The van der Waals surface area contributed by atoms with Gasteiger partial charge in [-0.2, -0.15) is 4.98 Å². The van der Waals surface area contributed by atoms with Gasteiger partial charge >= 0.3 is 6.09 Å². The van der Waals surface area contributed by atoms with Crippen LogP contribution in [0.25, 0.3) is 11.4 Å². The van der Waals surface area contributed by atoms with E-state index in [0.29, 0.717) is 24.8 Å². The molecule has 1 aromatic carbocycles. The predicted octanol–water partition coefficient (Wildman–Crippen LogP) is 4.48. The molecule has 2 aromatic rings. The number of hydrogen-bond donors (Lipinski definition) is 2. The summed E-state index contributed by atoms with van der Waals surface area (Å²) < 4.78 is 11.0. The van der Waals surface area contributed by atoms with Gasteiger partial charge in [0.2, 0.25) is 11.7 Å². The number of benzene rings is 1. The summed E-state index contributed by atoms with van der Waals surface area (Å²) in [5.41, 5.74) is 2.97. The third-order valence-electron chi connectivity index (χ3n) is 6.19. The van der Waals surface area contributed by atoms with Gasteiger partial charge in [-0.05, 0) is 46.6 Å². The molecule has 1 amide bonds. The maximum atomic E-state index is 12.2. The molecule has 2 aliphatic heterocycles. The number of carbonyl (C=O) groups excluding carboxylic acids is 1. The van der Waals surface area contributed by atoms with E-state index < -0.39 is 5.60 Å². The van der Waals surface area contributed by atoms with Crippen molar-refractivity contribution < 1.29 is 14.1 Å². The van der Waals surface area contributed by atoms with E-state index in [4.69, 9.17) is 14.7 Å². The number of nitrogens with zero attached hydrogens (tertiary/aromatic N) is 4. The second-order valence-electron chi connectivity index (χ2n) is 10.1. The molecule has 0 aliphatic carbocycles. The predicted molar refractivity (Wildman–Crippen MR) is 131 cm³/mol. The van der Waals surface area contributed by atoms with E-state index in [2.05, 4.69) is 26.9 Å². The van der Waals surface area contributed by atoms with E-state index >= 15 is 0 Å². The van der Waals surface area contributed by atoms with Gasteiger partial charge in [0, 0.05) is 60.8 Å². The first-order chi connectivity index (χ1) is 16.1. The molecular weight excluding hydrogens is 432 g/mol. The molecule has 4 rings (SSSR count). The first-order valence-corrected chi connectivity index (χ1v) is 11.8. The van der Waals surface area contributed by atoms with Crippen molar-refractivity contribution in [3.05, 3.63) is 41.9 Å². The Balaban J connectivity index is 1.40. The van der Waals surface area contributed by atoms with Gasteiger partial charge < -0.3 is 29.8 Å². The number of nitrogens with one attached hydrogen (secondary N) is 2. The Morgan fingerprint density at radius 1 is 1.26 bits per heavy atom. The molecule has 2 aliphatic rings. The molecular formula is C25H34N6O3. The van der Waals surface area contributed by atoms with E-state index in [9.17, 15) is 4.79 Å². The maximum absolute atomic E-state index is 12.2. The Bertz CT molecular complexity index is 1060. The summed E-state index contributed by atoms with van der Waals surface area (Å²) in [7, 11) is 0. The molecule has 0 unspecified atom stereocenters. The van der Waals surface area contributed by atoms with Crippen molar-refractivity contribution in [3.8, 4) is 11.4 Å². The van der Waals surface area contributed by atoms with Crippen LogP contribution in [0.2, 0.25) is 0 Å². The lowest BCUT2D eigenvalue weighted by molar-refractivity contribution is 0.0105. The standard InChI is InChI=1S/C25H34N6O3/c1-16(2)30-10-8-17(9-11-30)23-28-22(29-34-23)18-6-7-19(13-26)21(12-18)27-20-14-31(15-20)24(32)33-25(3,4)5/h6-7,12-13,17,20,26-27H,1,8-11,14-15H2,2-5H3. The number of ether oxygens (including phenoxy) is 1. The molecule has 2 N–H and O–H groups in total. The molecule has 3 heterocycles. The summed E-state index contributed by atoms with van der Waals surface area (Å²) in [4.78, 5) is 20.8. The molecule has 34 heavy (non-hydrogen) atoms. The Labute approximate surface area is 200 Å². The van der Waals surface area contributed by atoms with Gasteiger partial charge in [0.15, 0.2) is 0 Å². The topological polar surface area (TPSA) is 108 Å². The minimum Gasteiger partial charge on any atom is -0.444 e. The van der Waals surface area contributed by atoms with Crippen LogP contribution in [0.15, 0.2) is 35.0 Å². The van der Waals surface area contributed by atoms with E-state index in [-0.39, 0.29) is 18.1 Å². The number of allylic oxidation sites excluding steroid dienone is 1. The molecule has 0 radical (unpaired) electrons. The van der Waals surface area contributed by atoms with Crippen molar-refractivity contribution in [1.82, 2.24) is 19.9 Å². The summed E-state index contributed by atoms with van der Waals surface area (Å²) in [6.07, 6.45) is 2.93. The van der Waals surface area contributed by atoms with Crippen LogP contribution >= 0.6 is 0 Å². The van der Waals surface area contributed by atoms with Crippen molar-refractivity contribution >= 4 is 18.0 Å². The molecule has 0 spiro atoms. The Morgan fingerprint density at radius 3 is 2.59 bits per heavy atom. The molecule has 2 saturated heterocycles. The number of piperidine rings is 1. The van der Waals surface area contributed by atoms with Gasteiger partial charge in [-0.3, -0.25) is 0 Å². The van der Waals surface area contributed by atoms with Crippen molar-refractivity contribution in [2.75, 3.05) is 31.5 Å². The fraction of sp³-hybridized carbons (Fsp3) is 0.520. The minimum atomic E-state index is -0.512. The SMILES string of the molecule is C=C(C)N1CCC(c2nc(-c3ccc(C=N)c(NC4CN(C(=O)OC(C)(C)C)C4)c3)no2)CC1. The van der Waals surface area contributed by atoms with Gasteiger partial charge in [-0.25, -0.2) is 4.79 Å². The van der Waals surface area contributed by atoms with Crippen molar-refractivity contribution in [1.29, 1.82) is 5.41 Å². The summed E-state index contributed by atoms with van der Waals surface area (Å²) >= 11 is 0. The fourth-order valence-corrected chi connectivity index (χ4v) is 4.24. The molecule has 0 saturated carbocycles. The Hall–Kier alpha value is -3.36. The van der Waals surface area contributed by atoms with Gasteiger partial charge in [-0.15, -0.1) is 0 Å². The molecule has 2 fully saturated rings. The molecule has 182 valence electrons. The van der Waals surface area contributed by atoms with Gasteiger partial charge in [0.1, 0.15) is 5.60 Å². The normalized spacial score (nSPS) is 17.3. The number of rotatable bonds is 6. The van der Waals surface area contributed by atoms with Crippen LogP contribution in [0.1, 0.15) is 57.9 Å². The van der Waals surface area contributed by atoms with E-state index in [0.717, 1.165) is 48.4 Å². The van der Waals surface area contributed by atoms with E-state index in [1.807, 2.05) is 45.9 Å². The minimum absolute atomic E-state index is 0.0841. The highest BCUT2D eigenvalue weighted by Crippen LogP contribution is 2.31. The number of amides is 1. The summed E-state index contributed by atoms with van der Waals surface area (Å²) in [5.74, 6) is 1.47. The Morgan fingerprint density at radius 2 is 1.97 bits per heavy atom. The second kappa shape index (κ2) is 9.48. The quantitative estimate of drug-likeness (QED) is 0.605. The van der Waals surface area contributed by atoms with Crippen molar-refractivity contribution in [2.24, 2.45) is 0 Å². The number of anilines is 1. The lowest BCUT2D eigenvalue weighted by atomic mass is 9.96. The first-order valence-electron chi connectivity index (χ1n) is 11.8. The smallest absolute Gasteiger partial charge is 0.410 e. The highest BCUT2D eigenvalue weighted by atomic mass is 16.6. The third kappa shape index (κ3) is 5.40. The number of hydrogen-bond acceptors (Lipinski definition) is 8. The highest BCUT2D eigenvalue weighted by Gasteiger charge is 2.34. The second-order valence-corrected chi connectivity index (χ2v) is 10.1. The number of likely N-dealkylation sites (tertiary alicyclic amines) is 2. The van der Waals surface area contributed by atoms with Crippen LogP contribution in [0.3, 0.4) is 0 Å². The van der Waals surface area contributed by atoms with E-state index in [1.54, 1.807) is 4.90 Å². The van der Waals surface area contributed by atoms with Crippen LogP contribution in [0.4, 0.5) is 10.5 Å². The molecule has 1 aromatic heterocycles. The highest BCUT2D eigenvalue weighted by molar-refractivity contribution is 5.87. The van der Waals surface area contributed by atoms with Crippen molar-refractivity contribution in [3.63, 3.8) is 0 Å². The first kappa shape index (κ1) is 23.8. The number of carbonyl (C=O) groups is 1.